The van der Waals surface area contributed by atoms with Crippen molar-refractivity contribution < 1.29 is 30.0 Å². The zero-order chi connectivity index (χ0) is 13.7. The van der Waals surface area contributed by atoms with E-state index in [0.717, 1.165) is 12.1 Å². The van der Waals surface area contributed by atoms with Crippen LogP contribution < -0.4 is 5.32 Å². The van der Waals surface area contributed by atoms with Crippen LogP contribution in [0.1, 0.15) is 16.8 Å². The van der Waals surface area contributed by atoms with Crippen LogP contribution in [0, 0.1) is 0 Å². The molecule has 7 nitrogen and oxygen atoms in total. The molecule has 5 N–H and O–H groups in total. The van der Waals surface area contributed by atoms with Gasteiger partial charge in [-0.1, -0.05) is 0 Å². The lowest BCUT2D eigenvalue weighted by Gasteiger charge is -2.08. The largest absolute Gasteiger partial charge is 0.508 e. The summed E-state index contributed by atoms with van der Waals surface area (Å²) < 4.78 is 0. The zero-order valence-corrected chi connectivity index (χ0v) is 9.33. The van der Waals surface area contributed by atoms with Crippen molar-refractivity contribution in [2.24, 2.45) is 0 Å². The highest BCUT2D eigenvalue weighted by atomic mass is 16.4. The summed E-state index contributed by atoms with van der Waals surface area (Å²) in [7, 11) is 0. The number of benzene rings is 1. The Morgan fingerprint density at radius 3 is 2.56 bits per heavy atom. The predicted octanol–water partition coefficient (Wildman–Crippen LogP) is -0.337. The van der Waals surface area contributed by atoms with Crippen LogP contribution in [0.4, 0.5) is 0 Å². The molecule has 0 bridgehead atoms. The van der Waals surface area contributed by atoms with E-state index in [1.807, 2.05) is 0 Å². The number of carboxylic acid groups (broad SMARTS) is 1. The molecular formula is C11H13NO6. The molecule has 0 saturated carbocycles. The molecule has 0 aliphatic carbocycles. The molecular weight excluding hydrogens is 242 g/mol. The van der Waals surface area contributed by atoms with Gasteiger partial charge in [-0.05, 0) is 18.2 Å². The highest BCUT2D eigenvalue weighted by molar-refractivity contribution is 5.97. The first-order chi connectivity index (χ1) is 8.41. The Hall–Kier alpha value is -2.28. The third-order valence-electron chi connectivity index (χ3n) is 2.21. The van der Waals surface area contributed by atoms with Crippen molar-refractivity contribution in [1.82, 2.24) is 5.32 Å². The van der Waals surface area contributed by atoms with E-state index in [2.05, 4.69) is 5.32 Å². The Morgan fingerprint density at radius 1 is 1.28 bits per heavy atom. The van der Waals surface area contributed by atoms with E-state index in [-0.39, 0.29) is 30.0 Å². The summed E-state index contributed by atoms with van der Waals surface area (Å²) in [4.78, 5) is 21.9. The zero-order valence-electron chi connectivity index (χ0n) is 9.33. The van der Waals surface area contributed by atoms with Crippen LogP contribution in [0.2, 0.25) is 0 Å². The van der Waals surface area contributed by atoms with Crippen molar-refractivity contribution in [3.63, 3.8) is 0 Å². The predicted molar refractivity (Wildman–Crippen MR) is 60.4 cm³/mol. The fraction of sp³-hybridized carbons (Fsp3) is 0.273. The molecule has 1 aromatic rings. The van der Waals surface area contributed by atoms with Crippen molar-refractivity contribution in [3.8, 4) is 11.5 Å². The van der Waals surface area contributed by atoms with Crippen LogP contribution in [0.25, 0.3) is 0 Å². The monoisotopic (exact) mass is 255 g/mol. The minimum absolute atomic E-state index is 0.0681. The van der Waals surface area contributed by atoms with Gasteiger partial charge in [0, 0.05) is 13.0 Å². The van der Waals surface area contributed by atoms with E-state index in [4.69, 9.17) is 15.3 Å². The van der Waals surface area contributed by atoms with Gasteiger partial charge in [0.2, 0.25) is 0 Å². The fourth-order valence-electron chi connectivity index (χ4n) is 1.25. The molecule has 7 heteroatoms. The van der Waals surface area contributed by atoms with Gasteiger partial charge in [-0.15, -0.1) is 0 Å². The molecule has 0 saturated heterocycles. The van der Waals surface area contributed by atoms with Gasteiger partial charge in [0.25, 0.3) is 5.91 Å². The molecule has 1 atom stereocenters. The minimum Gasteiger partial charge on any atom is -0.508 e. The molecule has 0 spiro atoms. The molecule has 0 aliphatic heterocycles. The first-order valence-electron chi connectivity index (χ1n) is 5.13. The normalized spacial score (nSPS) is 11.8. The molecule has 0 unspecified atom stereocenters. The van der Waals surface area contributed by atoms with E-state index in [9.17, 15) is 14.7 Å². The first kappa shape index (κ1) is 13.8. The summed E-state index contributed by atoms with van der Waals surface area (Å²) in [5, 5.41) is 38.2. The summed E-state index contributed by atoms with van der Waals surface area (Å²) >= 11 is 0. The molecule has 18 heavy (non-hydrogen) atoms. The maximum Gasteiger partial charge on any atom is 0.332 e. The minimum atomic E-state index is -1.55. The van der Waals surface area contributed by atoms with E-state index in [1.54, 1.807) is 0 Å². The number of phenols is 2. The number of nitrogens with one attached hydrogen (secondary N) is 1. The van der Waals surface area contributed by atoms with Gasteiger partial charge < -0.3 is 25.7 Å². The second kappa shape index (κ2) is 5.87. The Morgan fingerprint density at radius 2 is 1.94 bits per heavy atom. The summed E-state index contributed by atoms with van der Waals surface area (Å²) in [6.45, 7) is -0.0681. The lowest BCUT2D eigenvalue weighted by molar-refractivity contribution is -0.146. The Labute approximate surface area is 102 Å². The molecule has 98 valence electrons. The fourth-order valence-corrected chi connectivity index (χ4v) is 1.25. The van der Waals surface area contributed by atoms with E-state index in [0.29, 0.717) is 0 Å². The number of phenolic OH excluding ortho intramolecular Hbond substituents is 2. The van der Waals surface area contributed by atoms with Gasteiger partial charge in [-0.25, -0.2) is 4.79 Å². The van der Waals surface area contributed by atoms with Crippen LogP contribution in [0.5, 0.6) is 11.5 Å². The Bertz CT molecular complexity index is 459. The number of carbonyl (C=O) groups is 2. The molecule has 0 heterocycles. The number of aliphatic carboxylic acids is 1. The molecule has 0 radical (unpaired) electrons. The van der Waals surface area contributed by atoms with Gasteiger partial charge in [-0.2, -0.15) is 0 Å². The second-order valence-corrected chi connectivity index (χ2v) is 3.60. The Balaban J connectivity index is 2.55. The van der Waals surface area contributed by atoms with Crippen molar-refractivity contribution in [2.75, 3.05) is 6.54 Å². The summed E-state index contributed by atoms with van der Waals surface area (Å²) in [5.41, 5.74) is -0.125. The molecule has 1 rings (SSSR count). The number of rotatable bonds is 5. The smallest absolute Gasteiger partial charge is 0.332 e. The number of carbonyl (C=O) groups excluding carboxylic acids is 1. The lowest BCUT2D eigenvalue weighted by atomic mass is 10.1. The van der Waals surface area contributed by atoms with E-state index in [1.165, 1.54) is 6.07 Å². The average molecular weight is 255 g/mol. The molecule has 0 aromatic heterocycles. The molecule has 0 aliphatic rings. The second-order valence-electron chi connectivity index (χ2n) is 3.60. The van der Waals surface area contributed by atoms with Crippen molar-refractivity contribution in [2.45, 2.75) is 12.5 Å². The number of aliphatic hydroxyl groups excluding tert-OH is 1. The highest BCUT2D eigenvalue weighted by Crippen LogP contribution is 2.21. The molecule has 0 fully saturated rings. The highest BCUT2D eigenvalue weighted by Gasteiger charge is 2.15. The molecule has 1 amide bonds. The van der Waals surface area contributed by atoms with E-state index >= 15 is 0 Å². The van der Waals surface area contributed by atoms with Crippen molar-refractivity contribution >= 4 is 11.9 Å². The maximum absolute atomic E-state index is 11.6. The number of hydrogen-bond acceptors (Lipinski definition) is 5. The van der Waals surface area contributed by atoms with Gasteiger partial charge in [0.05, 0.1) is 5.56 Å². The number of hydrogen-bond donors (Lipinski definition) is 5. The standard InChI is InChI=1S/C11H13NO6/c13-6-1-2-8(14)7(5-6)10(16)12-4-3-9(15)11(17)18/h1-2,5,9,13-15H,3-4H2,(H,12,16)(H,17,18)/t9-/m0/s1. The van der Waals surface area contributed by atoms with E-state index < -0.39 is 18.0 Å². The topological polar surface area (TPSA) is 127 Å². The quantitative estimate of drug-likeness (QED) is 0.458. The maximum atomic E-state index is 11.6. The van der Waals surface area contributed by atoms with Gasteiger partial charge in [0.1, 0.15) is 11.5 Å². The SMILES string of the molecule is O=C(NCC[C@H](O)C(=O)O)c1cc(O)ccc1O. The lowest BCUT2D eigenvalue weighted by Crippen LogP contribution is -2.30. The Kier molecular flexibility index (Phi) is 4.50. The summed E-state index contributed by atoms with van der Waals surface area (Å²) in [6, 6.07) is 3.47. The number of aliphatic hydroxyl groups is 1. The molecule has 1 aromatic carbocycles. The van der Waals surface area contributed by atoms with Crippen molar-refractivity contribution in [1.29, 1.82) is 0 Å². The van der Waals surface area contributed by atoms with Crippen LogP contribution in [-0.2, 0) is 4.79 Å². The third-order valence-corrected chi connectivity index (χ3v) is 2.21. The van der Waals surface area contributed by atoms with Gasteiger partial charge in [-0.3, -0.25) is 4.79 Å². The van der Waals surface area contributed by atoms with Crippen LogP contribution >= 0.6 is 0 Å². The number of aromatic hydroxyl groups is 2. The number of amides is 1. The van der Waals surface area contributed by atoms with Crippen LogP contribution in [0.15, 0.2) is 18.2 Å². The van der Waals surface area contributed by atoms with Gasteiger partial charge >= 0.3 is 5.97 Å². The van der Waals surface area contributed by atoms with Crippen LogP contribution in [-0.4, -0.2) is 45.0 Å². The van der Waals surface area contributed by atoms with Gasteiger partial charge in [0.15, 0.2) is 6.10 Å². The summed E-state index contributed by atoms with van der Waals surface area (Å²) in [6.07, 6.45) is -1.70. The third kappa shape index (κ3) is 3.63. The number of carboxylic acids is 1. The van der Waals surface area contributed by atoms with Crippen molar-refractivity contribution in [3.05, 3.63) is 23.8 Å². The van der Waals surface area contributed by atoms with Crippen LogP contribution in [0.3, 0.4) is 0 Å². The first-order valence-corrected chi connectivity index (χ1v) is 5.13. The average Bonchev–Trinajstić information content (AvgIpc) is 2.31. The summed E-state index contributed by atoms with van der Waals surface area (Å²) in [5.74, 6) is -2.52.